The highest BCUT2D eigenvalue weighted by atomic mass is 19.1. The molecule has 0 spiro atoms. The van der Waals surface area contributed by atoms with Crippen LogP contribution in [0, 0.1) is 11.2 Å². The lowest BCUT2D eigenvalue weighted by Gasteiger charge is -2.28. The van der Waals surface area contributed by atoms with Crippen LogP contribution < -0.4 is 4.90 Å². The van der Waals surface area contributed by atoms with Crippen molar-refractivity contribution >= 4 is 12.0 Å². The molecule has 92 valence electrons. The molecule has 1 unspecified atom stereocenters. The van der Waals surface area contributed by atoms with Gasteiger partial charge in [-0.3, -0.25) is 0 Å². The Morgan fingerprint density at radius 2 is 2.41 bits per heavy atom. The highest BCUT2D eigenvalue weighted by Gasteiger charge is 2.35. The van der Waals surface area contributed by atoms with Crippen LogP contribution >= 0.6 is 0 Å². The molecule has 0 saturated carbocycles. The number of ether oxygens (including phenoxy) is 1. The van der Waals surface area contributed by atoms with Crippen LogP contribution in [0.2, 0.25) is 0 Å². The normalized spacial score (nSPS) is 23.6. The minimum absolute atomic E-state index is 0.267. The zero-order valence-corrected chi connectivity index (χ0v) is 9.86. The average molecular weight is 237 g/mol. The van der Waals surface area contributed by atoms with Crippen molar-refractivity contribution in [2.45, 2.75) is 6.42 Å². The van der Waals surface area contributed by atoms with Gasteiger partial charge in [-0.15, -0.1) is 0 Å². The van der Waals surface area contributed by atoms with Gasteiger partial charge < -0.3 is 14.4 Å². The fourth-order valence-electron chi connectivity index (χ4n) is 2.16. The monoisotopic (exact) mass is 237 g/mol. The van der Waals surface area contributed by atoms with E-state index in [-0.39, 0.29) is 5.82 Å². The Balaban J connectivity index is 2.10. The summed E-state index contributed by atoms with van der Waals surface area (Å²) in [4.78, 5) is 13.1. The molecule has 0 radical (unpaired) electrons. The van der Waals surface area contributed by atoms with Gasteiger partial charge in [0.25, 0.3) is 0 Å². The maximum absolute atomic E-state index is 13.1. The summed E-state index contributed by atoms with van der Waals surface area (Å²) in [6.07, 6.45) is 1.70. The first kappa shape index (κ1) is 12.0. The van der Waals surface area contributed by atoms with Gasteiger partial charge in [-0.05, 0) is 24.6 Å². The van der Waals surface area contributed by atoms with Crippen molar-refractivity contribution in [2.24, 2.45) is 5.41 Å². The van der Waals surface area contributed by atoms with E-state index in [0.717, 1.165) is 18.4 Å². The molecule has 1 saturated heterocycles. The smallest absolute Gasteiger partial charge is 0.130 e. The van der Waals surface area contributed by atoms with E-state index in [2.05, 4.69) is 0 Å². The maximum atomic E-state index is 13.1. The van der Waals surface area contributed by atoms with Crippen LogP contribution in [0.5, 0.6) is 0 Å². The topological polar surface area (TPSA) is 29.5 Å². The van der Waals surface area contributed by atoms with E-state index in [9.17, 15) is 9.18 Å². The van der Waals surface area contributed by atoms with Crippen LogP contribution in [0.25, 0.3) is 0 Å². The molecule has 0 aliphatic carbocycles. The number of nitrogens with zero attached hydrogens (tertiary/aromatic N) is 1. The number of halogens is 1. The maximum Gasteiger partial charge on any atom is 0.130 e. The fraction of sp³-hybridized carbons (Fsp3) is 0.462. The third-order valence-corrected chi connectivity index (χ3v) is 3.18. The zero-order valence-electron chi connectivity index (χ0n) is 9.86. The molecule has 1 aromatic carbocycles. The van der Waals surface area contributed by atoms with Crippen LogP contribution in [0.1, 0.15) is 6.42 Å². The van der Waals surface area contributed by atoms with E-state index < -0.39 is 5.41 Å². The molecule has 1 aliphatic heterocycles. The van der Waals surface area contributed by atoms with Crippen molar-refractivity contribution in [3.05, 3.63) is 30.1 Å². The third-order valence-electron chi connectivity index (χ3n) is 3.18. The molecular formula is C13H16FNO2. The Morgan fingerprint density at radius 3 is 3.00 bits per heavy atom. The van der Waals surface area contributed by atoms with Gasteiger partial charge in [0, 0.05) is 25.9 Å². The number of carbonyl (C=O) groups is 1. The minimum atomic E-state index is -0.443. The molecule has 1 heterocycles. The average Bonchev–Trinajstić information content (AvgIpc) is 2.78. The lowest BCUT2D eigenvalue weighted by atomic mass is 9.88. The quantitative estimate of drug-likeness (QED) is 0.749. The Labute approximate surface area is 100 Å². The molecule has 1 aromatic rings. The highest BCUT2D eigenvalue weighted by Crippen LogP contribution is 2.28. The summed E-state index contributed by atoms with van der Waals surface area (Å²) in [5.41, 5.74) is 0.333. The van der Waals surface area contributed by atoms with Gasteiger partial charge in [-0.1, -0.05) is 6.07 Å². The van der Waals surface area contributed by atoms with Crippen molar-refractivity contribution in [3.8, 4) is 0 Å². The standard InChI is InChI=1S/C13H16FNO2/c1-15(12-4-2-3-11(14)7-12)8-13(9-16)5-6-17-10-13/h2-4,7,9H,5-6,8,10H2,1H3. The Kier molecular flexibility index (Phi) is 3.43. The molecule has 1 fully saturated rings. The summed E-state index contributed by atoms with van der Waals surface area (Å²) in [6, 6.07) is 6.37. The summed E-state index contributed by atoms with van der Waals surface area (Å²) in [6.45, 7) is 1.63. The molecule has 0 aromatic heterocycles. The van der Waals surface area contributed by atoms with Gasteiger partial charge in [0.15, 0.2) is 0 Å². The van der Waals surface area contributed by atoms with Gasteiger partial charge in [0.05, 0.1) is 12.0 Å². The molecule has 0 N–H and O–H groups in total. The lowest BCUT2D eigenvalue weighted by molar-refractivity contribution is -0.115. The minimum Gasteiger partial charge on any atom is -0.380 e. The number of hydrogen-bond acceptors (Lipinski definition) is 3. The lowest BCUT2D eigenvalue weighted by Crippen LogP contribution is -2.37. The van der Waals surface area contributed by atoms with Gasteiger partial charge >= 0.3 is 0 Å². The number of carbonyl (C=O) groups excluding carboxylic acids is 1. The second kappa shape index (κ2) is 4.84. The Morgan fingerprint density at radius 1 is 1.59 bits per heavy atom. The predicted molar refractivity (Wildman–Crippen MR) is 63.6 cm³/mol. The summed E-state index contributed by atoms with van der Waals surface area (Å²) in [5, 5.41) is 0. The molecule has 3 nitrogen and oxygen atoms in total. The summed E-state index contributed by atoms with van der Waals surface area (Å²) in [5.74, 6) is -0.267. The first-order valence-corrected chi connectivity index (χ1v) is 5.66. The molecule has 17 heavy (non-hydrogen) atoms. The number of hydrogen-bond donors (Lipinski definition) is 0. The summed E-state index contributed by atoms with van der Waals surface area (Å²) >= 11 is 0. The van der Waals surface area contributed by atoms with Gasteiger partial charge in [0.1, 0.15) is 12.1 Å². The first-order chi connectivity index (χ1) is 8.15. The molecular weight excluding hydrogens is 221 g/mol. The predicted octanol–water partition coefficient (Wildman–Crippen LogP) is 1.87. The third kappa shape index (κ3) is 2.64. The zero-order chi connectivity index (χ0) is 12.3. The van der Waals surface area contributed by atoms with E-state index in [1.54, 1.807) is 6.07 Å². The van der Waals surface area contributed by atoms with Gasteiger partial charge in [-0.25, -0.2) is 4.39 Å². The second-order valence-electron chi connectivity index (χ2n) is 4.62. The Hall–Kier alpha value is -1.42. The van der Waals surface area contributed by atoms with Crippen LogP contribution in [0.4, 0.5) is 10.1 Å². The highest BCUT2D eigenvalue weighted by molar-refractivity contribution is 5.62. The number of anilines is 1. The SMILES string of the molecule is CN(CC1(C=O)CCOC1)c1cccc(F)c1. The van der Waals surface area contributed by atoms with E-state index in [1.165, 1.54) is 12.1 Å². The van der Waals surface area contributed by atoms with Crippen molar-refractivity contribution in [3.63, 3.8) is 0 Å². The second-order valence-corrected chi connectivity index (χ2v) is 4.62. The van der Waals surface area contributed by atoms with Crippen molar-refractivity contribution < 1.29 is 13.9 Å². The molecule has 1 atom stereocenters. The number of aldehydes is 1. The molecule has 2 rings (SSSR count). The fourth-order valence-corrected chi connectivity index (χ4v) is 2.16. The van der Waals surface area contributed by atoms with E-state index in [1.807, 2.05) is 18.0 Å². The number of benzene rings is 1. The van der Waals surface area contributed by atoms with E-state index in [0.29, 0.717) is 19.8 Å². The van der Waals surface area contributed by atoms with E-state index in [4.69, 9.17) is 4.74 Å². The molecule has 0 amide bonds. The van der Waals surface area contributed by atoms with Crippen molar-refractivity contribution in [2.75, 3.05) is 31.7 Å². The van der Waals surface area contributed by atoms with Crippen LogP contribution in [-0.2, 0) is 9.53 Å². The van der Waals surface area contributed by atoms with Crippen LogP contribution in [0.3, 0.4) is 0 Å². The summed E-state index contributed by atoms with van der Waals surface area (Å²) < 4.78 is 18.4. The molecule has 4 heteroatoms. The first-order valence-electron chi connectivity index (χ1n) is 5.66. The Bertz CT molecular complexity index is 402. The van der Waals surface area contributed by atoms with Crippen LogP contribution in [-0.4, -0.2) is 33.1 Å². The molecule has 1 aliphatic rings. The van der Waals surface area contributed by atoms with Gasteiger partial charge in [0.2, 0.25) is 0 Å². The van der Waals surface area contributed by atoms with Gasteiger partial charge in [-0.2, -0.15) is 0 Å². The number of rotatable bonds is 4. The van der Waals surface area contributed by atoms with Crippen molar-refractivity contribution in [1.29, 1.82) is 0 Å². The summed E-state index contributed by atoms with van der Waals surface area (Å²) in [7, 11) is 1.86. The van der Waals surface area contributed by atoms with E-state index >= 15 is 0 Å². The van der Waals surface area contributed by atoms with Crippen molar-refractivity contribution in [1.82, 2.24) is 0 Å². The molecule has 0 bridgehead atoms. The van der Waals surface area contributed by atoms with Crippen LogP contribution in [0.15, 0.2) is 24.3 Å². The largest absolute Gasteiger partial charge is 0.380 e.